The maximum atomic E-state index is 12.0. The SMILES string of the molecule is CCOCC(=O)N1CC(C)N(C(=O)COCC)CC1C. The molecular formula is C14H26N2O4. The zero-order valence-electron chi connectivity index (χ0n) is 12.9. The minimum absolute atomic E-state index is 0.00438. The molecule has 1 fully saturated rings. The third-order valence-electron chi connectivity index (χ3n) is 3.49. The fourth-order valence-electron chi connectivity index (χ4n) is 2.37. The van der Waals surface area contributed by atoms with E-state index in [2.05, 4.69) is 0 Å². The summed E-state index contributed by atoms with van der Waals surface area (Å²) in [5.74, 6) is -0.0220. The predicted octanol–water partition coefficient (Wildman–Crippen LogP) is 0.507. The number of carbonyl (C=O) groups excluding carboxylic acids is 2. The van der Waals surface area contributed by atoms with E-state index < -0.39 is 0 Å². The molecule has 0 saturated carbocycles. The van der Waals surface area contributed by atoms with E-state index in [0.717, 1.165) is 0 Å². The van der Waals surface area contributed by atoms with Gasteiger partial charge in [-0.3, -0.25) is 9.59 Å². The molecule has 2 amide bonds. The highest BCUT2D eigenvalue weighted by Gasteiger charge is 2.34. The van der Waals surface area contributed by atoms with Crippen molar-refractivity contribution in [1.82, 2.24) is 9.80 Å². The van der Waals surface area contributed by atoms with Crippen LogP contribution in [0.2, 0.25) is 0 Å². The number of rotatable bonds is 6. The number of hydrogen-bond acceptors (Lipinski definition) is 4. The first-order chi connectivity index (χ1) is 9.51. The van der Waals surface area contributed by atoms with E-state index in [1.165, 1.54) is 0 Å². The van der Waals surface area contributed by atoms with E-state index in [9.17, 15) is 9.59 Å². The Balaban J connectivity index is 2.57. The topological polar surface area (TPSA) is 59.1 Å². The summed E-state index contributed by atoms with van der Waals surface area (Å²) >= 11 is 0. The molecule has 116 valence electrons. The number of amides is 2. The molecule has 6 heteroatoms. The van der Waals surface area contributed by atoms with Gasteiger partial charge in [0.05, 0.1) is 0 Å². The summed E-state index contributed by atoms with van der Waals surface area (Å²) in [5.41, 5.74) is 0. The van der Waals surface area contributed by atoms with Crippen molar-refractivity contribution in [1.29, 1.82) is 0 Å². The Morgan fingerprint density at radius 2 is 1.25 bits per heavy atom. The summed E-state index contributed by atoms with van der Waals surface area (Å²) < 4.78 is 10.3. The number of ether oxygens (including phenoxy) is 2. The number of carbonyl (C=O) groups is 2. The van der Waals surface area contributed by atoms with Crippen LogP contribution in [0.15, 0.2) is 0 Å². The summed E-state index contributed by atoms with van der Waals surface area (Å²) in [4.78, 5) is 27.7. The van der Waals surface area contributed by atoms with Crippen molar-refractivity contribution in [3.63, 3.8) is 0 Å². The fourth-order valence-corrected chi connectivity index (χ4v) is 2.37. The van der Waals surface area contributed by atoms with Crippen LogP contribution in [0.3, 0.4) is 0 Å². The Morgan fingerprint density at radius 1 is 0.900 bits per heavy atom. The summed E-state index contributed by atoms with van der Waals surface area (Å²) in [5, 5.41) is 0. The van der Waals surface area contributed by atoms with Crippen LogP contribution in [0.5, 0.6) is 0 Å². The monoisotopic (exact) mass is 286 g/mol. The van der Waals surface area contributed by atoms with Gasteiger partial charge in [0, 0.05) is 38.4 Å². The highest BCUT2D eigenvalue weighted by molar-refractivity contribution is 5.80. The molecule has 0 N–H and O–H groups in total. The second-order valence-electron chi connectivity index (χ2n) is 5.06. The van der Waals surface area contributed by atoms with E-state index in [4.69, 9.17) is 9.47 Å². The zero-order valence-corrected chi connectivity index (χ0v) is 12.9. The van der Waals surface area contributed by atoms with Crippen LogP contribution in [0.1, 0.15) is 27.7 Å². The van der Waals surface area contributed by atoms with Gasteiger partial charge in [0.15, 0.2) is 0 Å². The van der Waals surface area contributed by atoms with Crippen molar-refractivity contribution in [3.8, 4) is 0 Å². The molecule has 2 unspecified atom stereocenters. The van der Waals surface area contributed by atoms with E-state index in [0.29, 0.717) is 26.3 Å². The third kappa shape index (κ3) is 4.45. The van der Waals surface area contributed by atoms with Crippen LogP contribution in [-0.2, 0) is 19.1 Å². The van der Waals surface area contributed by atoms with Crippen LogP contribution < -0.4 is 0 Å². The number of hydrogen-bond donors (Lipinski definition) is 0. The lowest BCUT2D eigenvalue weighted by atomic mass is 10.1. The summed E-state index contributed by atoms with van der Waals surface area (Å²) in [7, 11) is 0. The molecular weight excluding hydrogens is 260 g/mol. The Kier molecular flexibility index (Phi) is 6.95. The fraction of sp³-hybridized carbons (Fsp3) is 0.857. The highest BCUT2D eigenvalue weighted by atomic mass is 16.5. The highest BCUT2D eigenvalue weighted by Crippen LogP contribution is 2.16. The van der Waals surface area contributed by atoms with Crippen molar-refractivity contribution in [2.75, 3.05) is 39.5 Å². The molecule has 1 aliphatic heterocycles. The first kappa shape index (κ1) is 16.9. The van der Waals surface area contributed by atoms with Gasteiger partial charge >= 0.3 is 0 Å². The lowest BCUT2D eigenvalue weighted by Crippen LogP contribution is -2.60. The molecule has 0 aromatic rings. The lowest BCUT2D eigenvalue weighted by molar-refractivity contribution is -0.150. The molecule has 6 nitrogen and oxygen atoms in total. The van der Waals surface area contributed by atoms with Crippen molar-refractivity contribution in [3.05, 3.63) is 0 Å². The van der Waals surface area contributed by atoms with Crippen LogP contribution >= 0.6 is 0 Å². The van der Waals surface area contributed by atoms with Crippen LogP contribution in [0.4, 0.5) is 0 Å². The number of piperazine rings is 1. The van der Waals surface area contributed by atoms with E-state index >= 15 is 0 Å². The lowest BCUT2D eigenvalue weighted by Gasteiger charge is -2.44. The standard InChI is InChI=1S/C14H26N2O4/c1-5-19-9-13(17)15-7-12(4)16(8-11(15)3)14(18)10-20-6-2/h11-12H,5-10H2,1-4H3. The molecule has 0 radical (unpaired) electrons. The third-order valence-corrected chi connectivity index (χ3v) is 3.49. The first-order valence-electron chi connectivity index (χ1n) is 7.25. The quantitative estimate of drug-likeness (QED) is 0.714. The van der Waals surface area contributed by atoms with Crippen molar-refractivity contribution >= 4 is 11.8 Å². The Labute approximate surface area is 121 Å². The second kappa shape index (κ2) is 8.21. The molecule has 1 saturated heterocycles. The average Bonchev–Trinajstić information content (AvgIpc) is 2.44. The second-order valence-corrected chi connectivity index (χ2v) is 5.06. The summed E-state index contributed by atoms with van der Waals surface area (Å²) in [6.45, 7) is 10.0. The number of nitrogens with zero attached hydrogens (tertiary/aromatic N) is 2. The van der Waals surface area contributed by atoms with Gasteiger partial charge in [-0.25, -0.2) is 0 Å². The normalized spacial score (nSPS) is 23.0. The zero-order chi connectivity index (χ0) is 15.1. The molecule has 20 heavy (non-hydrogen) atoms. The van der Waals surface area contributed by atoms with Crippen LogP contribution in [0.25, 0.3) is 0 Å². The van der Waals surface area contributed by atoms with Gasteiger partial charge < -0.3 is 19.3 Å². The molecule has 0 aliphatic carbocycles. The maximum Gasteiger partial charge on any atom is 0.248 e. The molecule has 0 aromatic heterocycles. The van der Waals surface area contributed by atoms with Crippen LogP contribution in [-0.4, -0.2) is 73.2 Å². The molecule has 0 aromatic carbocycles. The van der Waals surface area contributed by atoms with E-state index in [1.807, 2.05) is 27.7 Å². The van der Waals surface area contributed by atoms with E-state index in [1.54, 1.807) is 9.80 Å². The maximum absolute atomic E-state index is 12.0. The molecule has 1 heterocycles. The van der Waals surface area contributed by atoms with E-state index in [-0.39, 0.29) is 37.1 Å². The van der Waals surface area contributed by atoms with Crippen molar-refractivity contribution < 1.29 is 19.1 Å². The Hall–Kier alpha value is -1.14. The molecule has 2 atom stereocenters. The minimum Gasteiger partial charge on any atom is -0.372 e. The molecule has 0 spiro atoms. The van der Waals surface area contributed by atoms with Crippen molar-refractivity contribution in [2.24, 2.45) is 0 Å². The Morgan fingerprint density at radius 3 is 1.55 bits per heavy atom. The van der Waals surface area contributed by atoms with Gasteiger partial charge in [0.1, 0.15) is 13.2 Å². The largest absolute Gasteiger partial charge is 0.372 e. The molecule has 0 bridgehead atoms. The molecule has 1 rings (SSSR count). The van der Waals surface area contributed by atoms with Gasteiger partial charge in [-0.05, 0) is 27.7 Å². The summed E-state index contributed by atoms with van der Waals surface area (Å²) in [6.07, 6.45) is 0. The van der Waals surface area contributed by atoms with Gasteiger partial charge in [-0.15, -0.1) is 0 Å². The van der Waals surface area contributed by atoms with Gasteiger partial charge in [0.2, 0.25) is 11.8 Å². The van der Waals surface area contributed by atoms with Crippen LogP contribution in [0, 0.1) is 0 Å². The van der Waals surface area contributed by atoms with Gasteiger partial charge in [0.25, 0.3) is 0 Å². The smallest absolute Gasteiger partial charge is 0.248 e. The predicted molar refractivity (Wildman–Crippen MR) is 75.3 cm³/mol. The van der Waals surface area contributed by atoms with Crippen molar-refractivity contribution in [2.45, 2.75) is 39.8 Å². The Bertz CT molecular complexity index is 303. The molecule has 1 aliphatic rings. The average molecular weight is 286 g/mol. The summed E-state index contributed by atoms with van der Waals surface area (Å²) in [6, 6.07) is 0.00876. The first-order valence-corrected chi connectivity index (χ1v) is 7.25. The van der Waals surface area contributed by atoms with Gasteiger partial charge in [-0.1, -0.05) is 0 Å². The van der Waals surface area contributed by atoms with Gasteiger partial charge in [-0.2, -0.15) is 0 Å². The minimum atomic E-state index is -0.0110.